The number of aryl methyl sites for hydroxylation is 1. The van der Waals surface area contributed by atoms with Crippen LogP contribution < -0.4 is 5.69 Å². The van der Waals surface area contributed by atoms with Crippen LogP contribution in [0.15, 0.2) is 27.5 Å². The highest BCUT2D eigenvalue weighted by molar-refractivity contribution is 9.10. The number of hydrogen-bond donors (Lipinski definition) is 1. The first-order valence-corrected chi connectivity index (χ1v) is 6.86. The van der Waals surface area contributed by atoms with Gasteiger partial charge in [-0.3, -0.25) is 4.57 Å². The van der Waals surface area contributed by atoms with Crippen molar-refractivity contribution in [1.29, 1.82) is 0 Å². The number of aromatic nitrogens is 2. The van der Waals surface area contributed by atoms with Crippen LogP contribution in [-0.2, 0) is 6.54 Å². The van der Waals surface area contributed by atoms with Gasteiger partial charge in [-0.1, -0.05) is 0 Å². The minimum atomic E-state index is -1.15. The summed E-state index contributed by atoms with van der Waals surface area (Å²) in [4.78, 5) is 26.7. The standard InChI is InChI=1S/C14H12BrFN2O3/c1-7-12(15)8(2)18(14(21)17-7)6-10-5-9(13(19)20)3-4-11(10)16/h3-5H,6H2,1-2H3,(H,19,20). The number of nitrogens with zero attached hydrogens (tertiary/aromatic N) is 2. The summed E-state index contributed by atoms with van der Waals surface area (Å²) >= 11 is 3.32. The van der Waals surface area contributed by atoms with Crippen molar-refractivity contribution in [2.24, 2.45) is 0 Å². The van der Waals surface area contributed by atoms with Crippen molar-refractivity contribution in [3.8, 4) is 0 Å². The first-order valence-electron chi connectivity index (χ1n) is 6.06. The van der Waals surface area contributed by atoms with Gasteiger partial charge in [0, 0.05) is 11.3 Å². The molecule has 1 aromatic carbocycles. The molecule has 2 rings (SSSR count). The topological polar surface area (TPSA) is 72.2 Å². The van der Waals surface area contributed by atoms with E-state index in [2.05, 4.69) is 20.9 Å². The van der Waals surface area contributed by atoms with E-state index in [1.165, 1.54) is 16.7 Å². The van der Waals surface area contributed by atoms with E-state index in [1.54, 1.807) is 13.8 Å². The van der Waals surface area contributed by atoms with Gasteiger partial charge in [0.05, 0.1) is 22.3 Å². The van der Waals surface area contributed by atoms with Crippen LogP contribution in [0.3, 0.4) is 0 Å². The second-order valence-electron chi connectivity index (χ2n) is 4.58. The predicted octanol–water partition coefficient (Wildman–Crippen LogP) is 2.51. The Morgan fingerprint density at radius 2 is 2.10 bits per heavy atom. The van der Waals surface area contributed by atoms with Gasteiger partial charge in [-0.05, 0) is 48.0 Å². The van der Waals surface area contributed by atoms with Gasteiger partial charge in [0.25, 0.3) is 0 Å². The Bertz CT molecular complexity index is 787. The van der Waals surface area contributed by atoms with Crippen LogP contribution in [0.2, 0.25) is 0 Å². The number of rotatable bonds is 3. The molecule has 0 unspecified atom stereocenters. The monoisotopic (exact) mass is 354 g/mol. The Morgan fingerprint density at radius 1 is 1.43 bits per heavy atom. The molecule has 0 aliphatic rings. The van der Waals surface area contributed by atoms with Gasteiger partial charge in [0.15, 0.2) is 0 Å². The molecule has 1 aromatic heterocycles. The number of carboxylic acids is 1. The van der Waals surface area contributed by atoms with Crippen molar-refractivity contribution in [3.05, 3.63) is 61.5 Å². The molecule has 0 saturated heterocycles. The molecule has 1 N–H and O–H groups in total. The third kappa shape index (κ3) is 3.02. The maximum atomic E-state index is 13.8. The van der Waals surface area contributed by atoms with Gasteiger partial charge in [-0.15, -0.1) is 0 Å². The smallest absolute Gasteiger partial charge is 0.348 e. The van der Waals surface area contributed by atoms with Gasteiger partial charge in [0.1, 0.15) is 5.82 Å². The second kappa shape index (κ2) is 5.77. The fraction of sp³-hybridized carbons (Fsp3) is 0.214. The third-order valence-electron chi connectivity index (χ3n) is 3.16. The molecule has 0 atom stereocenters. The summed E-state index contributed by atoms with van der Waals surface area (Å²) in [5.41, 5.74) is 0.739. The highest BCUT2D eigenvalue weighted by Crippen LogP contribution is 2.19. The Balaban J connectivity index is 2.53. The number of hydrogen-bond acceptors (Lipinski definition) is 3. The van der Waals surface area contributed by atoms with Crippen molar-refractivity contribution < 1.29 is 14.3 Å². The SMILES string of the molecule is Cc1nc(=O)n(Cc2cc(C(=O)O)ccc2F)c(C)c1Br. The number of carbonyl (C=O) groups is 1. The Hall–Kier alpha value is -2.02. The summed E-state index contributed by atoms with van der Waals surface area (Å²) in [6.45, 7) is 3.32. The lowest BCUT2D eigenvalue weighted by atomic mass is 10.1. The first-order chi connectivity index (χ1) is 9.81. The Morgan fingerprint density at radius 3 is 2.71 bits per heavy atom. The van der Waals surface area contributed by atoms with E-state index in [0.29, 0.717) is 15.9 Å². The quantitative estimate of drug-likeness (QED) is 0.918. The molecule has 0 amide bonds. The summed E-state index contributed by atoms with van der Waals surface area (Å²) in [6, 6.07) is 3.48. The van der Waals surface area contributed by atoms with Crippen molar-refractivity contribution in [2.45, 2.75) is 20.4 Å². The van der Waals surface area contributed by atoms with E-state index in [-0.39, 0.29) is 17.7 Å². The molecule has 110 valence electrons. The lowest BCUT2D eigenvalue weighted by Gasteiger charge is -2.13. The number of aromatic carboxylic acids is 1. The van der Waals surface area contributed by atoms with Crippen molar-refractivity contribution >= 4 is 21.9 Å². The molecule has 0 aliphatic heterocycles. The average Bonchev–Trinajstić information content (AvgIpc) is 2.42. The van der Waals surface area contributed by atoms with E-state index in [0.717, 1.165) is 6.07 Å². The maximum Gasteiger partial charge on any atom is 0.348 e. The van der Waals surface area contributed by atoms with Crippen LogP contribution in [0.25, 0.3) is 0 Å². The molecule has 0 spiro atoms. The zero-order valence-electron chi connectivity index (χ0n) is 11.4. The molecule has 5 nitrogen and oxygen atoms in total. The zero-order chi connectivity index (χ0) is 15.7. The van der Waals surface area contributed by atoms with Gasteiger partial charge in [-0.25, -0.2) is 14.0 Å². The van der Waals surface area contributed by atoms with Gasteiger partial charge in [-0.2, -0.15) is 4.98 Å². The van der Waals surface area contributed by atoms with Crippen LogP contribution in [0, 0.1) is 19.7 Å². The minimum Gasteiger partial charge on any atom is -0.478 e. The zero-order valence-corrected chi connectivity index (χ0v) is 12.9. The second-order valence-corrected chi connectivity index (χ2v) is 5.37. The summed E-state index contributed by atoms with van der Waals surface area (Å²) < 4.78 is 15.8. The number of carboxylic acid groups (broad SMARTS) is 1. The van der Waals surface area contributed by atoms with Crippen LogP contribution in [0.4, 0.5) is 4.39 Å². The van der Waals surface area contributed by atoms with Gasteiger partial charge >= 0.3 is 11.7 Å². The highest BCUT2D eigenvalue weighted by atomic mass is 79.9. The third-order valence-corrected chi connectivity index (χ3v) is 4.30. The molecular weight excluding hydrogens is 343 g/mol. The van der Waals surface area contributed by atoms with E-state index in [4.69, 9.17) is 5.11 Å². The first kappa shape index (κ1) is 15.4. The van der Waals surface area contributed by atoms with Crippen molar-refractivity contribution in [1.82, 2.24) is 9.55 Å². The Kier molecular flexibility index (Phi) is 4.22. The molecule has 21 heavy (non-hydrogen) atoms. The lowest BCUT2D eigenvalue weighted by Crippen LogP contribution is -2.27. The van der Waals surface area contributed by atoms with Crippen molar-refractivity contribution in [2.75, 3.05) is 0 Å². The average molecular weight is 355 g/mol. The summed E-state index contributed by atoms with van der Waals surface area (Å²) in [5, 5.41) is 8.95. The minimum absolute atomic E-state index is 0.0313. The van der Waals surface area contributed by atoms with E-state index in [1.807, 2.05) is 0 Å². The molecule has 0 aliphatic carbocycles. The number of benzene rings is 1. The van der Waals surface area contributed by atoms with E-state index < -0.39 is 17.5 Å². The number of halogens is 2. The molecule has 7 heteroatoms. The van der Waals surface area contributed by atoms with Crippen LogP contribution >= 0.6 is 15.9 Å². The van der Waals surface area contributed by atoms with Gasteiger partial charge in [0.2, 0.25) is 0 Å². The summed E-state index contributed by atoms with van der Waals surface area (Å²) in [5.74, 6) is -1.72. The molecule has 0 fully saturated rings. The molecule has 1 heterocycles. The molecule has 0 radical (unpaired) electrons. The van der Waals surface area contributed by atoms with Crippen molar-refractivity contribution in [3.63, 3.8) is 0 Å². The maximum absolute atomic E-state index is 13.8. The molecule has 2 aromatic rings. The largest absolute Gasteiger partial charge is 0.478 e. The summed E-state index contributed by atoms with van der Waals surface area (Å²) in [7, 11) is 0. The van der Waals surface area contributed by atoms with Gasteiger partial charge < -0.3 is 5.11 Å². The fourth-order valence-electron chi connectivity index (χ4n) is 1.96. The molecule has 0 bridgehead atoms. The Labute approximate surface area is 128 Å². The van der Waals surface area contributed by atoms with Crippen LogP contribution in [0.5, 0.6) is 0 Å². The fourth-order valence-corrected chi connectivity index (χ4v) is 2.26. The molecular formula is C14H12BrFN2O3. The van der Waals surface area contributed by atoms with Crippen LogP contribution in [-0.4, -0.2) is 20.6 Å². The van der Waals surface area contributed by atoms with E-state index >= 15 is 0 Å². The lowest BCUT2D eigenvalue weighted by molar-refractivity contribution is 0.0696. The predicted molar refractivity (Wildman–Crippen MR) is 78.1 cm³/mol. The summed E-state index contributed by atoms with van der Waals surface area (Å²) in [6.07, 6.45) is 0. The molecule has 0 saturated carbocycles. The highest BCUT2D eigenvalue weighted by Gasteiger charge is 2.13. The normalized spacial score (nSPS) is 10.7. The van der Waals surface area contributed by atoms with Crippen LogP contribution in [0.1, 0.15) is 27.3 Å². The van der Waals surface area contributed by atoms with E-state index in [9.17, 15) is 14.0 Å².